The largest absolute Gasteiger partial charge is 0.493 e. The number of carbonyl (C=O) groups excluding carboxylic acids is 1. The van der Waals surface area contributed by atoms with Crippen molar-refractivity contribution in [3.63, 3.8) is 0 Å². The van der Waals surface area contributed by atoms with Crippen LogP contribution in [0.2, 0.25) is 0 Å². The van der Waals surface area contributed by atoms with Crippen molar-refractivity contribution >= 4 is 12.1 Å². The van der Waals surface area contributed by atoms with Crippen LogP contribution in [0, 0.1) is 0 Å². The fourth-order valence-electron chi connectivity index (χ4n) is 2.12. The van der Waals surface area contributed by atoms with Gasteiger partial charge in [-0.15, -0.1) is 0 Å². The number of aromatic nitrogens is 3. The van der Waals surface area contributed by atoms with Crippen LogP contribution >= 0.6 is 0 Å². The zero-order chi connectivity index (χ0) is 19.8. The molecule has 0 unspecified atom stereocenters. The molecule has 0 spiro atoms. The average Bonchev–Trinajstić information content (AvgIpc) is 2.61. The number of ether oxygens (including phenoxy) is 2. The van der Waals surface area contributed by atoms with Crippen molar-refractivity contribution in [2.24, 2.45) is 5.10 Å². The van der Waals surface area contributed by atoms with E-state index in [1.807, 2.05) is 18.8 Å². The quantitative estimate of drug-likeness (QED) is 0.449. The molecule has 10 heteroatoms. The number of aryl methyl sites for hydroxylation is 1. The van der Waals surface area contributed by atoms with Gasteiger partial charge in [0.25, 0.3) is 5.56 Å². The molecule has 1 aromatic carbocycles. The van der Waals surface area contributed by atoms with E-state index < -0.39 is 17.2 Å². The van der Waals surface area contributed by atoms with Crippen molar-refractivity contribution in [3.8, 4) is 11.5 Å². The number of hydrogen-bond acceptors (Lipinski definition) is 7. The Morgan fingerprint density at radius 2 is 2.11 bits per heavy atom. The van der Waals surface area contributed by atoms with Crippen LogP contribution in [0.1, 0.15) is 31.5 Å². The van der Waals surface area contributed by atoms with E-state index in [2.05, 4.69) is 20.7 Å². The summed E-state index contributed by atoms with van der Waals surface area (Å²) in [6.45, 7) is 3.83. The van der Waals surface area contributed by atoms with Gasteiger partial charge in [0.1, 0.15) is 5.69 Å². The standard InChI is InChI=1S/C17H21N5O5/c1-10(2)27-13-6-4-11(8-14(13)26-3)9-18-21-15(23)7-5-12-16(24)19-17(25)22-20-12/h4,6,8-10H,5,7H2,1-3H3,(H,21,23)(H2,19,22,24,25). The summed E-state index contributed by atoms with van der Waals surface area (Å²) in [6, 6.07) is 5.27. The average molecular weight is 375 g/mol. The summed E-state index contributed by atoms with van der Waals surface area (Å²) in [5.74, 6) is 0.778. The van der Waals surface area contributed by atoms with Crippen LogP contribution in [-0.4, -0.2) is 40.5 Å². The van der Waals surface area contributed by atoms with E-state index in [0.717, 1.165) is 0 Å². The molecular formula is C17H21N5O5. The number of nitrogens with zero attached hydrogens (tertiary/aromatic N) is 2. The molecule has 1 heterocycles. The number of H-pyrrole nitrogens is 2. The Kier molecular flexibility index (Phi) is 6.86. The molecular weight excluding hydrogens is 354 g/mol. The van der Waals surface area contributed by atoms with E-state index in [4.69, 9.17) is 9.47 Å². The smallest absolute Gasteiger partial charge is 0.342 e. The van der Waals surface area contributed by atoms with Crippen molar-refractivity contribution < 1.29 is 14.3 Å². The Balaban J connectivity index is 1.91. The molecule has 0 fully saturated rings. The third kappa shape index (κ3) is 6.10. The molecule has 1 amide bonds. The molecule has 0 aliphatic rings. The lowest BCUT2D eigenvalue weighted by atomic mass is 10.2. The highest BCUT2D eigenvalue weighted by atomic mass is 16.5. The molecule has 27 heavy (non-hydrogen) atoms. The predicted octanol–water partition coefficient (Wildman–Crippen LogP) is 0.337. The summed E-state index contributed by atoms with van der Waals surface area (Å²) in [5, 5.41) is 9.58. The lowest BCUT2D eigenvalue weighted by Crippen LogP contribution is -2.28. The summed E-state index contributed by atoms with van der Waals surface area (Å²) < 4.78 is 10.9. The number of nitrogens with one attached hydrogen (secondary N) is 3. The van der Waals surface area contributed by atoms with Gasteiger partial charge in [0, 0.05) is 12.8 Å². The molecule has 1 aromatic heterocycles. The highest BCUT2D eigenvalue weighted by molar-refractivity contribution is 5.83. The van der Waals surface area contributed by atoms with Gasteiger partial charge in [-0.25, -0.2) is 15.3 Å². The Labute approximate surface area is 154 Å². The number of hydrogen-bond donors (Lipinski definition) is 3. The first-order valence-electron chi connectivity index (χ1n) is 8.23. The maximum Gasteiger partial charge on any atom is 0.342 e. The first-order valence-corrected chi connectivity index (χ1v) is 8.23. The summed E-state index contributed by atoms with van der Waals surface area (Å²) >= 11 is 0. The summed E-state index contributed by atoms with van der Waals surface area (Å²) in [4.78, 5) is 36.2. The molecule has 0 bridgehead atoms. The van der Waals surface area contributed by atoms with Gasteiger partial charge in [-0.05, 0) is 37.6 Å². The molecule has 0 atom stereocenters. The molecule has 0 saturated heterocycles. The SMILES string of the molecule is COc1cc(C=NNC(=O)CCc2n[nH]c(=O)[nH]c2=O)ccc1OC(C)C. The second-order valence-electron chi connectivity index (χ2n) is 5.82. The number of methoxy groups -OCH3 is 1. The molecule has 10 nitrogen and oxygen atoms in total. The molecule has 0 aliphatic carbocycles. The van der Waals surface area contributed by atoms with E-state index in [0.29, 0.717) is 17.1 Å². The Morgan fingerprint density at radius 3 is 2.78 bits per heavy atom. The van der Waals surface area contributed by atoms with E-state index in [1.54, 1.807) is 18.2 Å². The van der Waals surface area contributed by atoms with E-state index >= 15 is 0 Å². The van der Waals surface area contributed by atoms with Crippen LogP contribution in [0.4, 0.5) is 0 Å². The van der Waals surface area contributed by atoms with Gasteiger partial charge in [-0.3, -0.25) is 14.6 Å². The fourth-order valence-corrected chi connectivity index (χ4v) is 2.12. The second kappa shape index (κ2) is 9.32. The number of hydrazone groups is 1. The Morgan fingerprint density at radius 1 is 1.33 bits per heavy atom. The maximum atomic E-state index is 11.8. The lowest BCUT2D eigenvalue weighted by molar-refractivity contribution is -0.121. The van der Waals surface area contributed by atoms with Crippen molar-refractivity contribution in [2.75, 3.05) is 7.11 Å². The van der Waals surface area contributed by atoms with E-state index in [1.165, 1.54) is 13.3 Å². The van der Waals surface area contributed by atoms with Crippen molar-refractivity contribution in [1.82, 2.24) is 20.6 Å². The molecule has 2 rings (SSSR count). The zero-order valence-corrected chi connectivity index (χ0v) is 15.2. The Bertz CT molecular complexity index is 932. The first-order chi connectivity index (χ1) is 12.9. The molecule has 144 valence electrons. The van der Waals surface area contributed by atoms with E-state index in [9.17, 15) is 14.4 Å². The number of carbonyl (C=O) groups is 1. The van der Waals surface area contributed by atoms with Gasteiger partial charge in [0.15, 0.2) is 11.5 Å². The number of benzene rings is 1. The summed E-state index contributed by atoms with van der Waals surface area (Å²) in [5.41, 5.74) is 1.83. The number of aromatic amines is 2. The monoisotopic (exact) mass is 375 g/mol. The second-order valence-corrected chi connectivity index (χ2v) is 5.82. The molecule has 0 saturated carbocycles. The minimum atomic E-state index is -0.696. The normalized spacial score (nSPS) is 11.0. The molecule has 3 N–H and O–H groups in total. The van der Waals surface area contributed by atoms with Crippen LogP contribution in [0.5, 0.6) is 11.5 Å². The van der Waals surface area contributed by atoms with Gasteiger partial charge in [0.05, 0.1) is 19.4 Å². The highest BCUT2D eigenvalue weighted by Crippen LogP contribution is 2.28. The van der Waals surface area contributed by atoms with Gasteiger partial charge in [-0.2, -0.15) is 10.2 Å². The Hall–Kier alpha value is -3.43. The number of amides is 1. The summed E-state index contributed by atoms with van der Waals surface area (Å²) in [7, 11) is 1.54. The lowest BCUT2D eigenvalue weighted by Gasteiger charge is -2.13. The van der Waals surface area contributed by atoms with Crippen LogP contribution in [0.25, 0.3) is 0 Å². The van der Waals surface area contributed by atoms with Crippen molar-refractivity contribution in [2.45, 2.75) is 32.8 Å². The van der Waals surface area contributed by atoms with Gasteiger partial charge in [-0.1, -0.05) is 0 Å². The predicted molar refractivity (Wildman–Crippen MR) is 98.3 cm³/mol. The third-order valence-electron chi connectivity index (χ3n) is 3.32. The van der Waals surface area contributed by atoms with Crippen LogP contribution < -0.4 is 26.1 Å². The molecule has 0 radical (unpaired) electrons. The highest BCUT2D eigenvalue weighted by Gasteiger charge is 2.08. The van der Waals surface area contributed by atoms with Crippen LogP contribution in [-0.2, 0) is 11.2 Å². The number of rotatable bonds is 8. The van der Waals surface area contributed by atoms with Crippen molar-refractivity contribution in [1.29, 1.82) is 0 Å². The molecule has 2 aromatic rings. The van der Waals surface area contributed by atoms with Crippen LogP contribution in [0.3, 0.4) is 0 Å². The first kappa shape index (κ1) is 19.9. The topological polar surface area (TPSA) is 139 Å². The van der Waals surface area contributed by atoms with Crippen molar-refractivity contribution in [3.05, 3.63) is 50.3 Å². The zero-order valence-electron chi connectivity index (χ0n) is 15.2. The van der Waals surface area contributed by atoms with Gasteiger partial charge in [0.2, 0.25) is 5.91 Å². The van der Waals surface area contributed by atoms with Gasteiger partial charge < -0.3 is 9.47 Å². The minimum absolute atomic E-state index is 0.00997. The van der Waals surface area contributed by atoms with Crippen LogP contribution in [0.15, 0.2) is 32.9 Å². The summed E-state index contributed by atoms with van der Waals surface area (Å²) in [6.07, 6.45) is 1.54. The fraction of sp³-hybridized carbons (Fsp3) is 0.353. The van der Waals surface area contributed by atoms with Gasteiger partial charge >= 0.3 is 5.69 Å². The maximum absolute atomic E-state index is 11.8. The van der Waals surface area contributed by atoms with E-state index in [-0.39, 0.29) is 24.6 Å². The molecule has 0 aliphatic heterocycles. The third-order valence-corrected chi connectivity index (χ3v) is 3.32. The minimum Gasteiger partial charge on any atom is -0.493 e.